The number of carbonyl (C=O) groups excluding carboxylic acids is 1. The molecule has 0 bridgehead atoms. The monoisotopic (exact) mass is 328 g/mol. The van der Waals surface area contributed by atoms with Crippen LogP contribution in [-0.2, 0) is 13.5 Å². The van der Waals surface area contributed by atoms with Crippen LogP contribution in [0.5, 0.6) is 0 Å². The number of aromatic nitrogens is 2. The highest BCUT2D eigenvalue weighted by Crippen LogP contribution is 2.34. The Kier molecular flexibility index (Phi) is 5.15. The minimum Gasteiger partial charge on any atom is -0.386 e. The second-order valence-electron chi connectivity index (χ2n) is 6.45. The number of rotatable bonds is 7. The Labute approximate surface area is 141 Å². The molecule has 0 saturated heterocycles. The number of carbonyl (C=O) groups is 1. The molecule has 128 valence electrons. The van der Waals surface area contributed by atoms with Crippen molar-refractivity contribution in [3.8, 4) is 0 Å². The van der Waals surface area contributed by atoms with E-state index in [-0.39, 0.29) is 18.6 Å². The Bertz CT molecular complexity index is 667. The van der Waals surface area contributed by atoms with E-state index >= 15 is 0 Å². The molecule has 2 unspecified atom stereocenters. The third kappa shape index (κ3) is 4.58. The number of nitrogens with zero attached hydrogens (tertiary/aromatic N) is 2. The SMILES string of the molecule is Cn1cc(C(O)CNC(=O)NC(Cc2ccccc2)C2CC2)cn1. The van der Waals surface area contributed by atoms with Gasteiger partial charge in [-0.15, -0.1) is 0 Å². The lowest BCUT2D eigenvalue weighted by atomic mass is 10.0. The highest BCUT2D eigenvalue weighted by molar-refractivity contribution is 5.74. The lowest BCUT2D eigenvalue weighted by molar-refractivity contribution is 0.172. The van der Waals surface area contributed by atoms with Gasteiger partial charge in [0.2, 0.25) is 0 Å². The molecule has 1 aliphatic carbocycles. The van der Waals surface area contributed by atoms with Crippen molar-refractivity contribution in [3.63, 3.8) is 0 Å². The average molecular weight is 328 g/mol. The normalized spacial score (nSPS) is 16.4. The summed E-state index contributed by atoms with van der Waals surface area (Å²) < 4.78 is 1.63. The molecule has 24 heavy (non-hydrogen) atoms. The molecular formula is C18H24N4O2. The molecule has 0 aliphatic heterocycles. The number of urea groups is 1. The largest absolute Gasteiger partial charge is 0.386 e. The molecular weight excluding hydrogens is 304 g/mol. The van der Waals surface area contributed by atoms with E-state index in [1.54, 1.807) is 24.1 Å². The molecule has 1 aromatic heterocycles. The molecule has 0 spiro atoms. The predicted octanol–water partition coefficient (Wildman–Crippen LogP) is 1.77. The smallest absolute Gasteiger partial charge is 0.315 e. The van der Waals surface area contributed by atoms with Crippen molar-refractivity contribution >= 4 is 6.03 Å². The molecule has 1 heterocycles. The zero-order chi connectivity index (χ0) is 16.9. The van der Waals surface area contributed by atoms with Crippen LogP contribution in [0.1, 0.15) is 30.1 Å². The average Bonchev–Trinajstić information content (AvgIpc) is 3.34. The molecule has 1 saturated carbocycles. The highest BCUT2D eigenvalue weighted by atomic mass is 16.3. The number of aliphatic hydroxyl groups is 1. The highest BCUT2D eigenvalue weighted by Gasteiger charge is 2.32. The summed E-state index contributed by atoms with van der Waals surface area (Å²) in [5.74, 6) is 0.555. The number of benzene rings is 1. The fourth-order valence-electron chi connectivity index (χ4n) is 2.84. The van der Waals surface area contributed by atoms with Gasteiger partial charge in [-0.3, -0.25) is 4.68 Å². The van der Waals surface area contributed by atoms with Crippen LogP contribution in [0.25, 0.3) is 0 Å². The Morgan fingerprint density at radius 3 is 2.75 bits per heavy atom. The van der Waals surface area contributed by atoms with Crippen LogP contribution in [0.4, 0.5) is 4.79 Å². The fourth-order valence-corrected chi connectivity index (χ4v) is 2.84. The van der Waals surface area contributed by atoms with Crippen LogP contribution in [0.15, 0.2) is 42.7 Å². The second kappa shape index (κ2) is 7.49. The minimum absolute atomic E-state index is 0.142. The van der Waals surface area contributed by atoms with E-state index in [0.717, 1.165) is 19.3 Å². The standard InChI is InChI=1S/C18H24N4O2/c1-22-12-15(10-20-22)17(23)11-19-18(24)21-16(14-7-8-14)9-13-5-3-2-4-6-13/h2-6,10,12,14,16-17,23H,7-9,11H2,1H3,(H2,19,21,24). The van der Waals surface area contributed by atoms with Gasteiger partial charge in [0.1, 0.15) is 0 Å². The fraction of sp³-hybridized carbons (Fsp3) is 0.444. The third-order valence-corrected chi connectivity index (χ3v) is 4.37. The van der Waals surface area contributed by atoms with E-state index in [1.807, 2.05) is 18.2 Å². The van der Waals surface area contributed by atoms with Crippen molar-refractivity contribution in [3.05, 3.63) is 53.9 Å². The third-order valence-electron chi connectivity index (χ3n) is 4.37. The summed E-state index contributed by atoms with van der Waals surface area (Å²) >= 11 is 0. The van der Waals surface area contributed by atoms with E-state index in [4.69, 9.17) is 0 Å². The maximum absolute atomic E-state index is 12.2. The predicted molar refractivity (Wildman–Crippen MR) is 91.4 cm³/mol. The van der Waals surface area contributed by atoms with Gasteiger partial charge in [-0.1, -0.05) is 30.3 Å². The summed E-state index contributed by atoms with van der Waals surface area (Å²) in [6, 6.07) is 10.1. The first-order chi connectivity index (χ1) is 11.6. The van der Waals surface area contributed by atoms with Gasteiger partial charge in [0.25, 0.3) is 0 Å². The molecule has 2 aromatic rings. The molecule has 3 N–H and O–H groups in total. The summed E-state index contributed by atoms with van der Waals surface area (Å²) in [4.78, 5) is 12.2. The van der Waals surface area contributed by atoms with Crippen molar-refractivity contribution in [2.24, 2.45) is 13.0 Å². The van der Waals surface area contributed by atoms with E-state index in [9.17, 15) is 9.90 Å². The topological polar surface area (TPSA) is 79.2 Å². The molecule has 2 atom stereocenters. The number of nitrogens with one attached hydrogen (secondary N) is 2. The van der Waals surface area contributed by atoms with Gasteiger partial charge in [-0.25, -0.2) is 4.79 Å². The van der Waals surface area contributed by atoms with Crippen LogP contribution in [0.3, 0.4) is 0 Å². The van der Waals surface area contributed by atoms with Crippen LogP contribution in [0, 0.1) is 5.92 Å². The number of hydrogen-bond acceptors (Lipinski definition) is 3. The van der Waals surface area contributed by atoms with E-state index < -0.39 is 6.10 Å². The first-order valence-corrected chi connectivity index (χ1v) is 8.36. The first kappa shape index (κ1) is 16.5. The van der Waals surface area contributed by atoms with Crippen molar-refractivity contribution < 1.29 is 9.90 Å². The van der Waals surface area contributed by atoms with Gasteiger partial charge < -0.3 is 15.7 Å². The Morgan fingerprint density at radius 1 is 1.38 bits per heavy atom. The molecule has 2 amide bonds. The lowest BCUT2D eigenvalue weighted by Crippen LogP contribution is -2.45. The number of aryl methyl sites for hydroxylation is 1. The molecule has 6 heteroatoms. The zero-order valence-corrected chi connectivity index (χ0v) is 13.9. The van der Waals surface area contributed by atoms with Crippen molar-refractivity contribution in [2.45, 2.75) is 31.4 Å². The molecule has 1 fully saturated rings. The van der Waals surface area contributed by atoms with Gasteiger partial charge in [0.05, 0.1) is 12.3 Å². The van der Waals surface area contributed by atoms with Gasteiger partial charge in [0.15, 0.2) is 0 Å². The quantitative estimate of drug-likeness (QED) is 0.725. The number of aliphatic hydroxyl groups excluding tert-OH is 1. The zero-order valence-electron chi connectivity index (χ0n) is 13.9. The van der Waals surface area contributed by atoms with Gasteiger partial charge in [0, 0.05) is 31.4 Å². The van der Waals surface area contributed by atoms with Gasteiger partial charge in [-0.2, -0.15) is 5.10 Å². The van der Waals surface area contributed by atoms with Crippen LogP contribution >= 0.6 is 0 Å². The van der Waals surface area contributed by atoms with Crippen molar-refractivity contribution in [1.82, 2.24) is 20.4 Å². The molecule has 6 nitrogen and oxygen atoms in total. The number of hydrogen-bond donors (Lipinski definition) is 3. The van der Waals surface area contributed by atoms with Crippen LogP contribution in [0.2, 0.25) is 0 Å². The Morgan fingerprint density at radius 2 is 2.12 bits per heavy atom. The summed E-state index contributed by atoms with van der Waals surface area (Å²) in [5, 5.41) is 19.9. The van der Waals surface area contributed by atoms with Crippen LogP contribution < -0.4 is 10.6 Å². The van der Waals surface area contributed by atoms with Crippen molar-refractivity contribution in [1.29, 1.82) is 0 Å². The summed E-state index contributed by atoms with van der Waals surface area (Å²) in [5.41, 5.74) is 1.92. The van der Waals surface area contributed by atoms with E-state index in [2.05, 4.69) is 27.9 Å². The Hall–Kier alpha value is -2.34. The molecule has 1 aromatic carbocycles. The summed E-state index contributed by atoms with van der Waals surface area (Å²) in [6.07, 6.45) is 5.76. The van der Waals surface area contributed by atoms with Crippen LogP contribution in [-0.4, -0.2) is 33.5 Å². The van der Waals surface area contributed by atoms with Crippen molar-refractivity contribution in [2.75, 3.05) is 6.54 Å². The Balaban J connectivity index is 1.49. The second-order valence-corrected chi connectivity index (χ2v) is 6.45. The molecule has 3 rings (SSSR count). The van der Waals surface area contributed by atoms with Gasteiger partial charge in [-0.05, 0) is 30.7 Å². The molecule has 1 aliphatic rings. The maximum Gasteiger partial charge on any atom is 0.315 e. The maximum atomic E-state index is 12.2. The van der Waals surface area contributed by atoms with Gasteiger partial charge >= 0.3 is 6.03 Å². The molecule has 0 radical (unpaired) electrons. The first-order valence-electron chi connectivity index (χ1n) is 8.36. The minimum atomic E-state index is -0.752. The van der Waals surface area contributed by atoms with E-state index in [1.165, 1.54) is 5.56 Å². The lowest BCUT2D eigenvalue weighted by Gasteiger charge is -2.19. The number of amides is 2. The summed E-state index contributed by atoms with van der Waals surface area (Å²) in [7, 11) is 1.79. The summed E-state index contributed by atoms with van der Waals surface area (Å²) in [6.45, 7) is 0.167. The van der Waals surface area contributed by atoms with E-state index in [0.29, 0.717) is 11.5 Å².